The highest BCUT2D eigenvalue weighted by atomic mass is 16.1. The summed E-state index contributed by atoms with van der Waals surface area (Å²) >= 11 is 0. The number of hydrogen-bond donors (Lipinski definition) is 3. The Morgan fingerprint density at radius 2 is 2.02 bits per heavy atom. The maximum atomic E-state index is 12.5. The number of fused-ring (bicyclic) bond motifs is 2. The Labute approximate surface area is 270 Å². The molecule has 10 heteroatoms. The van der Waals surface area contributed by atoms with E-state index >= 15 is 0 Å². The Balaban J connectivity index is 1.27. The maximum Gasteiger partial charge on any atom is 0.229 e. The molecule has 1 aliphatic rings. The highest BCUT2D eigenvalue weighted by Crippen LogP contribution is 2.31. The number of nitrogens with zero attached hydrogens (tertiary/aromatic N) is 6. The van der Waals surface area contributed by atoms with E-state index in [1.54, 1.807) is 10.6 Å². The van der Waals surface area contributed by atoms with Crippen LogP contribution in [0.15, 0.2) is 73.1 Å². The number of benzene rings is 2. The number of hydrogen-bond acceptors (Lipinski definition) is 9. The first-order valence-electron chi connectivity index (χ1n) is 16.1. The van der Waals surface area contributed by atoms with Gasteiger partial charge in [-0.05, 0) is 68.1 Å². The van der Waals surface area contributed by atoms with Crippen molar-refractivity contribution < 1.29 is 4.79 Å². The van der Waals surface area contributed by atoms with Crippen molar-refractivity contribution in [1.82, 2.24) is 34.8 Å². The first kappa shape index (κ1) is 31.3. The van der Waals surface area contributed by atoms with Gasteiger partial charge in [0.1, 0.15) is 0 Å². The first-order valence-corrected chi connectivity index (χ1v) is 16.1. The van der Waals surface area contributed by atoms with Crippen molar-refractivity contribution in [3.8, 4) is 11.3 Å². The van der Waals surface area contributed by atoms with Crippen molar-refractivity contribution in [2.45, 2.75) is 51.6 Å². The molecule has 2 aromatic carbocycles. The maximum absolute atomic E-state index is 12.5. The van der Waals surface area contributed by atoms with Gasteiger partial charge in [-0.15, -0.1) is 0 Å². The fourth-order valence-electron chi connectivity index (χ4n) is 5.93. The van der Waals surface area contributed by atoms with E-state index in [9.17, 15) is 4.79 Å². The number of carbonyl (C=O) groups excluding carboxylic acids is 1. The van der Waals surface area contributed by atoms with Crippen LogP contribution in [0, 0.1) is 0 Å². The molecular weight excluding hydrogens is 574 g/mol. The van der Waals surface area contributed by atoms with E-state index in [0.717, 1.165) is 76.8 Å². The van der Waals surface area contributed by atoms with Crippen molar-refractivity contribution in [1.29, 1.82) is 0 Å². The summed E-state index contributed by atoms with van der Waals surface area (Å²) in [4.78, 5) is 29.2. The minimum Gasteiger partial charge on any atom is -0.350 e. The monoisotopic (exact) mass is 617 g/mol. The lowest BCUT2D eigenvalue weighted by Crippen LogP contribution is -2.38. The van der Waals surface area contributed by atoms with Gasteiger partial charge in [0.25, 0.3) is 0 Å². The smallest absolute Gasteiger partial charge is 0.229 e. The molecular formula is C36H43N9O. The van der Waals surface area contributed by atoms with Crippen LogP contribution in [0.25, 0.3) is 27.7 Å². The molecule has 0 bridgehead atoms. The third kappa shape index (κ3) is 7.24. The number of nitrogens with one attached hydrogen (secondary N) is 3. The Kier molecular flexibility index (Phi) is 9.65. The lowest BCUT2D eigenvalue weighted by molar-refractivity contribution is -0.114. The molecule has 0 radical (unpaired) electrons. The van der Waals surface area contributed by atoms with Gasteiger partial charge in [-0.3, -0.25) is 9.78 Å². The summed E-state index contributed by atoms with van der Waals surface area (Å²) in [6, 6.07) is 16.8. The number of allylic oxidation sites excluding steroid dienone is 1. The van der Waals surface area contributed by atoms with Crippen LogP contribution >= 0.6 is 0 Å². The van der Waals surface area contributed by atoms with Gasteiger partial charge in [0.15, 0.2) is 11.4 Å². The van der Waals surface area contributed by atoms with Crippen molar-refractivity contribution in [3.05, 3.63) is 89.8 Å². The van der Waals surface area contributed by atoms with Gasteiger partial charge in [-0.1, -0.05) is 62.4 Å². The fourth-order valence-corrected chi connectivity index (χ4v) is 5.93. The minimum absolute atomic E-state index is 0.0946. The number of ketones is 1. The molecule has 5 aromatic rings. The van der Waals surface area contributed by atoms with Gasteiger partial charge in [-0.2, -0.15) is 19.6 Å². The van der Waals surface area contributed by atoms with E-state index < -0.39 is 0 Å². The summed E-state index contributed by atoms with van der Waals surface area (Å²) in [6.45, 7) is 7.51. The number of piperidine rings is 1. The second-order valence-corrected chi connectivity index (χ2v) is 12.6. The van der Waals surface area contributed by atoms with Gasteiger partial charge in [0.05, 0.1) is 11.9 Å². The zero-order valence-corrected chi connectivity index (χ0v) is 27.1. The lowest BCUT2D eigenvalue weighted by Gasteiger charge is -2.24. The molecule has 1 atom stereocenters. The summed E-state index contributed by atoms with van der Waals surface area (Å²) < 4.78 is 1.80. The SMILES string of the molecule is CC(C)c1cnn2c(NCc3ccccc3-c3nccc4cc(CC(=O)/C=C/CN(C)C)ccc34)nc(N[C@@H]3CCCNC3)nc12. The van der Waals surface area contributed by atoms with Crippen molar-refractivity contribution in [2.24, 2.45) is 0 Å². The molecule has 1 fully saturated rings. The van der Waals surface area contributed by atoms with Crippen LogP contribution in [0.4, 0.5) is 11.9 Å². The average molecular weight is 618 g/mol. The minimum atomic E-state index is 0.0946. The van der Waals surface area contributed by atoms with Gasteiger partial charge < -0.3 is 20.9 Å². The second kappa shape index (κ2) is 14.2. The lowest BCUT2D eigenvalue weighted by atomic mass is 9.97. The van der Waals surface area contributed by atoms with Crippen LogP contribution in [0.1, 0.15) is 49.3 Å². The molecule has 4 heterocycles. The number of pyridine rings is 1. The highest BCUT2D eigenvalue weighted by molar-refractivity contribution is 5.97. The Morgan fingerprint density at radius 1 is 1.15 bits per heavy atom. The van der Waals surface area contributed by atoms with Crippen LogP contribution in [-0.4, -0.2) is 75.0 Å². The summed E-state index contributed by atoms with van der Waals surface area (Å²) in [7, 11) is 3.97. The number of rotatable bonds is 12. The molecule has 46 heavy (non-hydrogen) atoms. The van der Waals surface area contributed by atoms with Gasteiger partial charge in [0, 0.05) is 54.8 Å². The first-order chi connectivity index (χ1) is 22.4. The molecule has 1 saturated heterocycles. The van der Waals surface area contributed by atoms with Gasteiger partial charge >= 0.3 is 0 Å². The van der Waals surface area contributed by atoms with Crippen LogP contribution in [0.5, 0.6) is 0 Å². The zero-order valence-electron chi connectivity index (χ0n) is 27.1. The molecule has 0 amide bonds. The highest BCUT2D eigenvalue weighted by Gasteiger charge is 2.19. The largest absolute Gasteiger partial charge is 0.350 e. The van der Waals surface area contributed by atoms with Gasteiger partial charge in [0.2, 0.25) is 11.9 Å². The van der Waals surface area contributed by atoms with Crippen LogP contribution in [0.3, 0.4) is 0 Å². The number of carbonyl (C=O) groups is 1. The normalized spacial score (nSPS) is 15.4. The second-order valence-electron chi connectivity index (χ2n) is 12.6. The van der Waals surface area contributed by atoms with E-state index in [4.69, 9.17) is 15.0 Å². The predicted octanol–water partition coefficient (Wildman–Crippen LogP) is 5.47. The van der Waals surface area contributed by atoms with Crippen molar-refractivity contribution in [3.63, 3.8) is 0 Å². The molecule has 0 spiro atoms. The number of anilines is 2. The molecule has 0 aliphatic carbocycles. The fraction of sp³-hybridized carbons (Fsp3) is 0.361. The molecule has 1 aliphatic heterocycles. The Hall–Kier alpha value is -4.67. The summed E-state index contributed by atoms with van der Waals surface area (Å²) in [6.07, 6.45) is 9.89. The predicted molar refractivity (Wildman–Crippen MR) is 185 cm³/mol. The molecule has 0 saturated carbocycles. The Morgan fingerprint density at radius 3 is 2.83 bits per heavy atom. The molecule has 6 rings (SSSR count). The third-order valence-electron chi connectivity index (χ3n) is 8.34. The zero-order chi connectivity index (χ0) is 32.0. The molecule has 3 N–H and O–H groups in total. The van der Waals surface area contributed by atoms with E-state index in [1.165, 1.54) is 0 Å². The van der Waals surface area contributed by atoms with Crippen LogP contribution in [-0.2, 0) is 17.8 Å². The molecule has 10 nitrogen and oxygen atoms in total. The third-order valence-corrected chi connectivity index (χ3v) is 8.34. The number of likely N-dealkylation sites (N-methyl/N-ethyl adjacent to an activating group) is 1. The summed E-state index contributed by atoms with van der Waals surface area (Å²) in [5.74, 6) is 1.62. The summed E-state index contributed by atoms with van der Waals surface area (Å²) in [5.41, 5.74) is 5.91. The van der Waals surface area contributed by atoms with E-state index in [-0.39, 0.29) is 17.7 Å². The van der Waals surface area contributed by atoms with E-state index in [2.05, 4.69) is 59.2 Å². The Bertz CT molecular complexity index is 1850. The average Bonchev–Trinajstić information content (AvgIpc) is 3.48. The molecule has 238 valence electrons. The topological polar surface area (TPSA) is 112 Å². The molecule has 3 aromatic heterocycles. The van der Waals surface area contributed by atoms with Gasteiger partial charge in [-0.25, -0.2) is 0 Å². The molecule has 0 unspecified atom stereocenters. The van der Waals surface area contributed by atoms with Crippen LogP contribution < -0.4 is 16.0 Å². The number of aromatic nitrogens is 5. The van der Waals surface area contributed by atoms with Crippen molar-refractivity contribution in [2.75, 3.05) is 44.4 Å². The van der Waals surface area contributed by atoms with E-state index in [0.29, 0.717) is 24.9 Å². The standard InChI is InChI=1S/C36H43N9O/c1-24(2)32-23-40-45-34(32)42-35(41-28-10-7-16-37-22-28)43-36(45)39-21-27-9-5-6-12-30(27)33-31-14-13-25(19-26(31)15-17-38-33)20-29(46)11-8-18-44(3)4/h5-6,8-9,11-15,17,19,23-24,28,37H,7,10,16,18,20-22H2,1-4H3,(H2,39,41,42,43)/b11-8+/t28-/m1/s1. The van der Waals surface area contributed by atoms with Crippen molar-refractivity contribution >= 4 is 34.1 Å². The van der Waals surface area contributed by atoms with Crippen LogP contribution in [0.2, 0.25) is 0 Å². The summed E-state index contributed by atoms with van der Waals surface area (Å²) in [5, 5.41) is 17.3. The quantitative estimate of drug-likeness (QED) is 0.157. The van der Waals surface area contributed by atoms with E-state index in [1.807, 2.05) is 61.7 Å².